The van der Waals surface area contributed by atoms with E-state index in [-0.39, 0.29) is 17.8 Å². The predicted octanol–water partition coefficient (Wildman–Crippen LogP) is 6.51. The molecule has 0 bridgehead atoms. The maximum Gasteiger partial charge on any atom is 0.186 e. The molecule has 1 radical (unpaired) electrons. The fraction of sp³-hybridized carbons (Fsp3) is 0.385. The average molecular weight is 420 g/mol. The Morgan fingerprint density at radius 2 is 1.65 bits per heavy atom. The Kier molecular flexibility index (Phi) is 5.58. The monoisotopic (exact) mass is 419 g/mol. The summed E-state index contributed by atoms with van der Waals surface area (Å²) in [4.78, 5) is 4.68. The molecule has 5 rings (SSSR count). The van der Waals surface area contributed by atoms with Crippen LogP contribution < -0.4 is 14.5 Å². The first-order valence-electron chi connectivity index (χ1n) is 11.4. The Hall–Kier alpha value is -2.95. The fourth-order valence-corrected chi connectivity index (χ4v) is 4.88. The van der Waals surface area contributed by atoms with Crippen molar-refractivity contribution in [2.24, 2.45) is 0 Å². The molecule has 161 valence electrons. The van der Waals surface area contributed by atoms with Crippen LogP contribution in [0, 0.1) is 5.82 Å². The number of nitrogens with zero attached hydrogens (tertiary/aromatic N) is 2. The number of fused-ring (bicyclic) bond motifs is 1. The zero-order valence-electron chi connectivity index (χ0n) is 17.7. The molecule has 2 aliphatic rings. The fourth-order valence-electron chi connectivity index (χ4n) is 4.88. The lowest BCUT2D eigenvalue weighted by molar-refractivity contribution is 0.158. The van der Waals surface area contributed by atoms with Crippen molar-refractivity contribution < 1.29 is 14.2 Å². The van der Waals surface area contributed by atoms with E-state index in [2.05, 4.69) is 21.9 Å². The van der Waals surface area contributed by atoms with E-state index in [0.717, 1.165) is 73.9 Å². The summed E-state index contributed by atoms with van der Waals surface area (Å²) in [5, 5.41) is 14.2. The first-order chi connectivity index (χ1) is 15.2. The zero-order valence-corrected chi connectivity index (χ0v) is 17.7. The van der Waals surface area contributed by atoms with Gasteiger partial charge in [-0.3, -0.25) is 5.11 Å². The van der Waals surface area contributed by atoms with Crippen LogP contribution in [0.25, 0.3) is 10.8 Å². The van der Waals surface area contributed by atoms with Gasteiger partial charge in [-0.15, -0.1) is 0 Å². The van der Waals surface area contributed by atoms with E-state index in [4.69, 9.17) is 4.74 Å². The van der Waals surface area contributed by atoms with E-state index in [1.165, 1.54) is 12.5 Å². The lowest BCUT2D eigenvalue weighted by atomic mass is 10.0. The first-order valence-corrected chi connectivity index (χ1v) is 11.4. The van der Waals surface area contributed by atoms with Gasteiger partial charge in [0.25, 0.3) is 0 Å². The lowest BCUT2D eigenvalue weighted by Crippen LogP contribution is -2.44. The smallest absolute Gasteiger partial charge is 0.186 e. The van der Waals surface area contributed by atoms with Crippen molar-refractivity contribution in [2.75, 3.05) is 29.4 Å². The van der Waals surface area contributed by atoms with Gasteiger partial charge in [0, 0.05) is 31.4 Å². The summed E-state index contributed by atoms with van der Waals surface area (Å²) < 4.78 is 20.5. The van der Waals surface area contributed by atoms with Gasteiger partial charge in [0.05, 0.1) is 11.4 Å². The molecule has 0 amide bonds. The molecule has 31 heavy (non-hydrogen) atoms. The second kappa shape index (κ2) is 8.66. The second-order valence-corrected chi connectivity index (χ2v) is 8.56. The normalized spacial score (nSPS) is 19.6. The Morgan fingerprint density at radius 1 is 0.839 bits per heavy atom. The first kappa shape index (κ1) is 20.0. The molecule has 0 aromatic heterocycles. The third-order valence-electron chi connectivity index (χ3n) is 6.49. The molecule has 0 saturated carbocycles. The van der Waals surface area contributed by atoms with Crippen LogP contribution in [-0.2, 0) is 5.11 Å². The molecule has 5 heteroatoms. The number of hydrogen-bond acceptors (Lipinski definition) is 3. The SMILES string of the molecule is [O]c1cccc2cc(N3CCCCC3Oc3ccccc3F)c(N3CCCCC3)cc12. The number of rotatable bonds is 4. The van der Waals surface area contributed by atoms with Gasteiger partial charge in [0.15, 0.2) is 23.5 Å². The van der Waals surface area contributed by atoms with Crippen LogP contribution in [0.1, 0.15) is 38.5 Å². The summed E-state index contributed by atoms with van der Waals surface area (Å²) in [6, 6.07) is 16.3. The van der Waals surface area contributed by atoms with Crippen molar-refractivity contribution >= 4 is 22.1 Å². The summed E-state index contributed by atoms with van der Waals surface area (Å²) in [6.45, 7) is 2.83. The van der Waals surface area contributed by atoms with Gasteiger partial charge in [-0.25, -0.2) is 4.39 Å². The van der Waals surface area contributed by atoms with Crippen molar-refractivity contribution in [1.82, 2.24) is 0 Å². The van der Waals surface area contributed by atoms with Gasteiger partial charge in [0.2, 0.25) is 0 Å². The molecule has 1 atom stereocenters. The molecule has 2 aliphatic heterocycles. The number of hydrogen-bond donors (Lipinski definition) is 0. The van der Waals surface area contributed by atoms with E-state index >= 15 is 0 Å². The maximum absolute atomic E-state index is 14.3. The van der Waals surface area contributed by atoms with Crippen molar-refractivity contribution in [3.05, 3.63) is 60.4 Å². The standard InChI is InChI=1S/C26H28FN2O2/c27-21-10-2-3-12-25(21)31-26-13-4-7-16-29(26)23-17-19-9-8-11-24(30)20(19)18-22(23)28-14-5-1-6-15-28/h2-3,8-12,17-18,26H,1,4-7,13-16H2. The molecule has 2 heterocycles. The van der Waals surface area contributed by atoms with Gasteiger partial charge in [-0.05, 0) is 67.8 Å². The van der Waals surface area contributed by atoms with E-state index in [9.17, 15) is 9.50 Å². The van der Waals surface area contributed by atoms with Crippen LogP contribution in [0.3, 0.4) is 0 Å². The van der Waals surface area contributed by atoms with E-state index in [1.54, 1.807) is 24.3 Å². The number of halogens is 1. The molecule has 2 fully saturated rings. The lowest BCUT2D eigenvalue weighted by Gasteiger charge is -2.40. The molecular formula is C26H28FN2O2. The summed E-state index contributed by atoms with van der Waals surface area (Å²) in [7, 11) is 0. The summed E-state index contributed by atoms with van der Waals surface area (Å²) >= 11 is 0. The number of ether oxygens (including phenoxy) is 1. The van der Waals surface area contributed by atoms with Gasteiger partial charge < -0.3 is 14.5 Å². The molecule has 3 aromatic rings. The second-order valence-electron chi connectivity index (χ2n) is 8.56. The third kappa shape index (κ3) is 4.01. The highest BCUT2D eigenvalue weighted by molar-refractivity contribution is 5.96. The molecule has 4 nitrogen and oxygen atoms in total. The summed E-state index contributed by atoms with van der Waals surface area (Å²) in [6.07, 6.45) is 6.28. The molecular weight excluding hydrogens is 391 g/mol. The van der Waals surface area contributed by atoms with Gasteiger partial charge in [0.1, 0.15) is 0 Å². The Bertz CT molecular complexity index is 1060. The van der Waals surface area contributed by atoms with Crippen LogP contribution in [0.15, 0.2) is 54.6 Å². The van der Waals surface area contributed by atoms with Crippen molar-refractivity contribution in [3.63, 3.8) is 0 Å². The van der Waals surface area contributed by atoms with Gasteiger partial charge in [-0.1, -0.05) is 24.3 Å². The zero-order chi connectivity index (χ0) is 21.2. The average Bonchev–Trinajstić information content (AvgIpc) is 2.81. The van der Waals surface area contributed by atoms with Crippen LogP contribution >= 0.6 is 0 Å². The Labute approximate surface area is 182 Å². The van der Waals surface area contributed by atoms with Crippen molar-refractivity contribution in [2.45, 2.75) is 44.8 Å². The third-order valence-corrected chi connectivity index (χ3v) is 6.49. The summed E-state index contributed by atoms with van der Waals surface area (Å²) in [5.74, 6) is 0.0143. The minimum absolute atomic E-state index is 0.0557. The van der Waals surface area contributed by atoms with Crippen molar-refractivity contribution in [3.8, 4) is 11.5 Å². The number of benzene rings is 3. The van der Waals surface area contributed by atoms with Crippen LogP contribution in [-0.4, -0.2) is 25.9 Å². The minimum atomic E-state index is -0.334. The van der Waals surface area contributed by atoms with Crippen LogP contribution in [0.5, 0.6) is 11.5 Å². The van der Waals surface area contributed by atoms with E-state index < -0.39 is 0 Å². The molecule has 1 unspecified atom stereocenters. The Balaban J connectivity index is 1.58. The molecule has 0 spiro atoms. The largest absolute Gasteiger partial charge is 0.467 e. The highest BCUT2D eigenvalue weighted by atomic mass is 19.1. The quantitative estimate of drug-likeness (QED) is 0.484. The number of anilines is 2. The summed E-state index contributed by atoms with van der Waals surface area (Å²) in [5.41, 5.74) is 2.18. The van der Waals surface area contributed by atoms with E-state index in [1.807, 2.05) is 12.1 Å². The molecule has 0 N–H and O–H groups in total. The maximum atomic E-state index is 14.3. The van der Waals surface area contributed by atoms with Crippen LogP contribution in [0.4, 0.5) is 15.8 Å². The van der Waals surface area contributed by atoms with E-state index in [0.29, 0.717) is 5.75 Å². The van der Waals surface area contributed by atoms with Gasteiger partial charge in [-0.2, -0.15) is 0 Å². The minimum Gasteiger partial charge on any atom is -0.467 e. The van der Waals surface area contributed by atoms with Gasteiger partial charge >= 0.3 is 0 Å². The molecule has 2 saturated heterocycles. The van der Waals surface area contributed by atoms with Crippen LogP contribution in [0.2, 0.25) is 0 Å². The molecule has 3 aromatic carbocycles. The predicted molar refractivity (Wildman–Crippen MR) is 122 cm³/mol. The number of para-hydroxylation sites is 1. The number of piperidine rings is 2. The highest BCUT2D eigenvalue weighted by Crippen LogP contribution is 2.41. The highest BCUT2D eigenvalue weighted by Gasteiger charge is 2.29. The topological polar surface area (TPSA) is 35.6 Å². The Morgan fingerprint density at radius 3 is 2.48 bits per heavy atom. The molecule has 0 aliphatic carbocycles. The van der Waals surface area contributed by atoms with Crippen molar-refractivity contribution in [1.29, 1.82) is 0 Å².